The fourth-order valence-electron chi connectivity index (χ4n) is 3.96. The summed E-state index contributed by atoms with van der Waals surface area (Å²) in [5, 5.41) is 0. The molecule has 6 heteroatoms. The van der Waals surface area contributed by atoms with Crippen molar-refractivity contribution in [2.24, 2.45) is 0 Å². The Kier molecular flexibility index (Phi) is 7.93. The maximum Gasteiger partial charge on any atom is 0.254 e. The molecule has 4 rings (SSSR count). The van der Waals surface area contributed by atoms with Crippen LogP contribution < -0.4 is 9.47 Å². The van der Waals surface area contributed by atoms with Gasteiger partial charge in [-0.15, -0.1) is 0 Å². The number of carbonyl (C=O) groups is 1. The Labute approximate surface area is 195 Å². The van der Waals surface area contributed by atoms with E-state index < -0.39 is 0 Å². The maximum atomic E-state index is 13.1. The summed E-state index contributed by atoms with van der Waals surface area (Å²) in [4.78, 5) is 21.5. The van der Waals surface area contributed by atoms with Crippen LogP contribution in [0, 0.1) is 0 Å². The predicted octanol–water partition coefficient (Wildman–Crippen LogP) is 4.06. The topological polar surface area (TPSA) is 54.9 Å². The Balaban J connectivity index is 1.33. The molecular formula is C27H31N3O3. The van der Waals surface area contributed by atoms with Crippen molar-refractivity contribution in [3.8, 4) is 11.5 Å². The van der Waals surface area contributed by atoms with E-state index in [2.05, 4.69) is 34.1 Å². The summed E-state index contributed by atoms with van der Waals surface area (Å²) >= 11 is 0. The van der Waals surface area contributed by atoms with Crippen LogP contribution in [0.25, 0.3) is 0 Å². The number of ether oxygens (including phenoxy) is 2. The number of benzene rings is 2. The third-order valence-electron chi connectivity index (χ3n) is 5.85. The first-order chi connectivity index (χ1) is 16.2. The highest BCUT2D eigenvalue weighted by Gasteiger charge is 2.23. The lowest BCUT2D eigenvalue weighted by atomic mass is 10.1. The van der Waals surface area contributed by atoms with Crippen molar-refractivity contribution in [3.05, 3.63) is 89.7 Å². The van der Waals surface area contributed by atoms with Gasteiger partial charge in [0.1, 0.15) is 6.61 Å². The molecule has 172 valence electrons. The number of nitrogens with zero attached hydrogens (tertiary/aromatic N) is 3. The molecule has 2 heterocycles. The molecule has 6 nitrogen and oxygen atoms in total. The Morgan fingerprint density at radius 2 is 1.64 bits per heavy atom. The fraction of sp³-hybridized carbons (Fsp3) is 0.333. The Bertz CT molecular complexity index is 1020. The standard InChI is InChI=1S/C27H31N3O3/c1-2-32-26-20-24(8-9-25(26)33-21-23-10-13-28-14-11-23)27(31)30-18-16-29(17-19-30)15-12-22-6-4-3-5-7-22/h3-11,13-14,20H,2,12,15-19,21H2,1H3. The summed E-state index contributed by atoms with van der Waals surface area (Å²) in [7, 11) is 0. The number of hydrogen-bond acceptors (Lipinski definition) is 5. The van der Waals surface area contributed by atoms with Crippen molar-refractivity contribution >= 4 is 5.91 Å². The zero-order valence-electron chi connectivity index (χ0n) is 19.2. The van der Waals surface area contributed by atoms with Crippen LogP contribution in [0.1, 0.15) is 28.4 Å². The third kappa shape index (κ3) is 6.33. The second-order valence-electron chi connectivity index (χ2n) is 8.11. The fourth-order valence-corrected chi connectivity index (χ4v) is 3.96. The minimum Gasteiger partial charge on any atom is -0.490 e. The predicted molar refractivity (Wildman–Crippen MR) is 129 cm³/mol. The van der Waals surface area contributed by atoms with E-state index in [0.717, 1.165) is 44.7 Å². The van der Waals surface area contributed by atoms with Crippen molar-refractivity contribution in [2.75, 3.05) is 39.3 Å². The second-order valence-corrected chi connectivity index (χ2v) is 8.11. The van der Waals surface area contributed by atoms with Gasteiger partial charge in [0.15, 0.2) is 11.5 Å². The highest BCUT2D eigenvalue weighted by Crippen LogP contribution is 2.30. The molecule has 1 amide bonds. The molecule has 3 aromatic rings. The molecule has 33 heavy (non-hydrogen) atoms. The monoisotopic (exact) mass is 445 g/mol. The number of carbonyl (C=O) groups excluding carboxylic acids is 1. The molecule has 0 unspecified atom stereocenters. The number of rotatable bonds is 9. The van der Waals surface area contributed by atoms with Crippen molar-refractivity contribution in [2.45, 2.75) is 20.0 Å². The van der Waals surface area contributed by atoms with Gasteiger partial charge < -0.3 is 14.4 Å². The van der Waals surface area contributed by atoms with E-state index in [-0.39, 0.29) is 5.91 Å². The lowest BCUT2D eigenvalue weighted by Crippen LogP contribution is -2.49. The summed E-state index contributed by atoms with van der Waals surface area (Å²) in [6, 6.07) is 19.8. The summed E-state index contributed by atoms with van der Waals surface area (Å²) in [5.74, 6) is 1.27. The summed E-state index contributed by atoms with van der Waals surface area (Å²) in [6.45, 7) is 7.12. The normalized spacial score (nSPS) is 14.2. The molecule has 0 radical (unpaired) electrons. The van der Waals surface area contributed by atoms with Gasteiger partial charge in [0.25, 0.3) is 5.91 Å². The van der Waals surface area contributed by atoms with Gasteiger partial charge in [-0.3, -0.25) is 14.7 Å². The number of piperazine rings is 1. The molecule has 0 aliphatic carbocycles. The summed E-state index contributed by atoms with van der Waals surface area (Å²) < 4.78 is 11.7. The van der Waals surface area contributed by atoms with E-state index >= 15 is 0 Å². The first kappa shape index (κ1) is 22.8. The number of aromatic nitrogens is 1. The zero-order chi connectivity index (χ0) is 22.9. The molecule has 1 saturated heterocycles. The Morgan fingerprint density at radius 1 is 0.879 bits per heavy atom. The minimum atomic E-state index is 0.0411. The van der Waals surface area contributed by atoms with Gasteiger partial charge in [-0.2, -0.15) is 0 Å². The van der Waals surface area contributed by atoms with Crippen molar-refractivity contribution in [3.63, 3.8) is 0 Å². The molecule has 2 aromatic carbocycles. The number of amides is 1. The van der Waals surface area contributed by atoms with Gasteiger partial charge in [-0.25, -0.2) is 0 Å². The first-order valence-corrected chi connectivity index (χ1v) is 11.6. The van der Waals surface area contributed by atoms with Gasteiger partial charge in [0.2, 0.25) is 0 Å². The van der Waals surface area contributed by atoms with E-state index in [1.54, 1.807) is 18.5 Å². The van der Waals surface area contributed by atoms with Crippen LogP contribution in [0.2, 0.25) is 0 Å². The molecule has 1 aromatic heterocycles. The highest BCUT2D eigenvalue weighted by atomic mass is 16.5. The minimum absolute atomic E-state index is 0.0411. The van der Waals surface area contributed by atoms with Crippen LogP contribution in [0.5, 0.6) is 11.5 Å². The Hall–Kier alpha value is -3.38. The van der Waals surface area contributed by atoms with Crippen LogP contribution in [0.4, 0.5) is 0 Å². The van der Waals surface area contributed by atoms with Gasteiger partial charge in [-0.05, 0) is 54.8 Å². The van der Waals surface area contributed by atoms with E-state index in [1.807, 2.05) is 42.2 Å². The molecule has 0 saturated carbocycles. The Morgan fingerprint density at radius 3 is 2.36 bits per heavy atom. The third-order valence-corrected chi connectivity index (χ3v) is 5.85. The molecule has 0 spiro atoms. The summed E-state index contributed by atoms with van der Waals surface area (Å²) in [5.41, 5.74) is 3.01. The number of hydrogen-bond donors (Lipinski definition) is 0. The van der Waals surface area contributed by atoms with E-state index in [0.29, 0.717) is 30.3 Å². The largest absolute Gasteiger partial charge is 0.490 e. The molecule has 1 fully saturated rings. The van der Waals surface area contributed by atoms with E-state index in [9.17, 15) is 4.79 Å². The average Bonchev–Trinajstić information content (AvgIpc) is 2.88. The van der Waals surface area contributed by atoms with Gasteiger partial charge in [0.05, 0.1) is 6.61 Å². The zero-order valence-corrected chi connectivity index (χ0v) is 19.2. The van der Waals surface area contributed by atoms with Crippen LogP contribution in [-0.2, 0) is 13.0 Å². The smallest absolute Gasteiger partial charge is 0.254 e. The van der Waals surface area contributed by atoms with Crippen molar-refractivity contribution in [1.82, 2.24) is 14.8 Å². The lowest BCUT2D eigenvalue weighted by molar-refractivity contribution is 0.0638. The molecule has 1 aliphatic rings. The maximum absolute atomic E-state index is 13.1. The van der Waals surface area contributed by atoms with Crippen LogP contribution in [-0.4, -0.2) is 60.0 Å². The van der Waals surface area contributed by atoms with E-state index in [1.165, 1.54) is 5.56 Å². The molecular weight excluding hydrogens is 414 g/mol. The van der Waals surface area contributed by atoms with Gasteiger partial charge in [-0.1, -0.05) is 30.3 Å². The quantitative estimate of drug-likeness (QED) is 0.497. The van der Waals surface area contributed by atoms with Gasteiger partial charge in [0, 0.05) is 50.7 Å². The second kappa shape index (κ2) is 11.5. The molecule has 1 aliphatic heterocycles. The van der Waals surface area contributed by atoms with Crippen molar-refractivity contribution < 1.29 is 14.3 Å². The van der Waals surface area contributed by atoms with Gasteiger partial charge >= 0.3 is 0 Å². The van der Waals surface area contributed by atoms with Crippen LogP contribution in [0.15, 0.2) is 73.1 Å². The van der Waals surface area contributed by atoms with E-state index in [4.69, 9.17) is 9.47 Å². The first-order valence-electron chi connectivity index (χ1n) is 11.6. The highest BCUT2D eigenvalue weighted by molar-refractivity contribution is 5.95. The average molecular weight is 446 g/mol. The molecule has 0 N–H and O–H groups in total. The molecule has 0 atom stereocenters. The number of pyridine rings is 1. The van der Waals surface area contributed by atoms with Crippen LogP contribution >= 0.6 is 0 Å². The lowest BCUT2D eigenvalue weighted by Gasteiger charge is -2.34. The molecule has 0 bridgehead atoms. The van der Waals surface area contributed by atoms with Crippen LogP contribution in [0.3, 0.4) is 0 Å². The summed E-state index contributed by atoms with van der Waals surface area (Å²) in [6.07, 6.45) is 4.52. The SMILES string of the molecule is CCOc1cc(C(=O)N2CCN(CCc3ccccc3)CC2)ccc1OCc1ccncc1. The van der Waals surface area contributed by atoms with Crippen molar-refractivity contribution in [1.29, 1.82) is 0 Å².